The van der Waals surface area contributed by atoms with Crippen molar-refractivity contribution < 1.29 is 14.4 Å². The van der Waals surface area contributed by atoms with Crippen molar-refractivity contribution in [3.05, 3.63) is 29.3 Å². The van der Waals surface area contributed by atoms with Crippen molar-refractivity contribution in [1.82, 2.24) is 15.5 Å². The third-order valence-corrected chi connectivity index (χ3v) is 5.76. The van der Waals surface area contributed by atoms with Crippen molar-refractivity contribution in [2.24, 2.45) is 0 Å². The molecule has 0 bridgehead atoms. The Bertz CT molecular complexity index is 764. The van der Waals surface area contributed by atoms with Gasteiger partial charge in [-0.1, -0.05) is 0 Å². The molecule has 1 aromatic rings. The molecule has 1 unspecified atom stereocenters. The smallest absolute Gasteiger partial charge is 0.251 e. The van der Waals surface area contributed by atoms with Crippen LogP contribution in [0.2, 0.25) is 0 Å². The summed E-state index contributed by atoms with van der Waals surface area (Å²) in [5, 5.41) is 9.09. The van der Waals surface area contributed by atoms with Crippen LogP contribution in [-0.4, -0.2) is 54.3 Å². The molecule has 3 amide bonds. The number of hydrogen-bond donors (Lipinski definition) is 3. The van der Waals surface area contributed by atoms with Gasteiger partial charge in [0.15, 0.2) is 0 Å². The first kappa shape index (κ1) is 17.8. The summed E-state index contributed by atoms with van der Waals surface area (Å²) in [6.45, 7) is 2.11. The first-order valence-electron chi connectivity index (χ1n) is 9.86. The summed E-state index contributed by atoms with van der Waals surface area (Å²) in [5.74, 6) is -0.173. The predicted molar refractivity (Wildman–Crippen MR) is 101 cm³/mol. The number of nitrogens with zero attached hydrogens (tertiary/aromatic N) is 1. The van der Waals surface area contributed by atoms with E-state index in [0.29, 0.717) is 31.5 Å². The van der Waals surface area contributed by atoms with Crippen LogP contribution in [0.4, 0.5) is 5.69 Å². The first-order chi connectivity index (χ1) is 13.1. The van der Waals surface area contributed by atoms with Gasteiger partial charge in [0.05, 0.1) is 0 Å². The fourth-order valence-electron chi connectivity index (χ4n) is 4.27. The Hall–Kier alpha value is -2.57. The second-order valence-corrected chi connectivity index (χ2v) is 7.60. The number of fused-ring (bicyclic) bond motifs is 1. The third kappa shape index (κ3) is 3.77. The molecule has 27 heavy (non-hydrogen) atoms. The maximum atomic E-state index is 12.7. The number of hydrogen-bond acceptors (Lipinski definition) is 4. The highest BCUT2D eigenvalue weighted by Crippen LogP contribution is 2.23. The lowest BCUT2D eigenvalue weighted by molar-refractivity contribution is -0.135. The summed E-state index contributed by atoms with van der Waals surface area (Å²) in [6, 6.07) is 5.37. The summed E-state index contributed by atoms with van der Waals surface area (Å²) in [5.41, 5.74) is 2.96. The lowest BCUT2D eigenvalue weighted by Gasteiger charge is -2.27. The Morgan fingerprint density at radius 3 is 2.89 bits per heavy atom. The minimum Gasteiger partial charge on any atom is -0.385 e. The van der Waals surface area contributed by atoms with Gasteiger partial charge in [-0.3, -0.25) is 14.4 Å². The molecule has 0 aromatic heterocycles. The average Bonchev–Trinajstić information content (AvgIpc) is 3.34. The van der Waals surface area contributed by atoms with Gasteiger partial charge >= 0.3 is 0 Å². The summed E-state index contributed by atoms with van der Waals surface area (Å²) >= 11 is 0. The molecule has 2 atom stereocenters. The van der Waals surface area contributed by atoms with Gasteiger partial charge in [-0.25, -0.2) is 0 Å². The largest absolute Gasteiger partial charge is 0.385 e. The van der Waals surface area contributed by atoms with E-state index in [2.05, 4.69) is 16.0 Å². The zero-order valence-corrected chi connectivity index (χ0v) is 15.4. The molecule has 2 saturated heterocycles. The second kappa shape index (κ2) is 7.58. The van der Waals surface area contributed by atoms with Crippen molar-refractivity contribution >= 4 is 23.4 Å². The van der Waals surface area contributed by atoms with Gasteiger partial charge < -0.3 is 20.9 Å². The van der Waals surface area contributed by atoms with E-state index in [-0.39, 0.29) is 23.8 Å². The predicted octanol–water partition coefficient (Wildman–Crippen LogP) is 1.04. The molecule has 3 aliphatic rings. The average molecular weight is 370 g/mol. The number of rotatable bonds is 4. The number of benzene rings is 1. The molecule has 3 N–H and O–H groups in total. The van der Waals surface area contributed by atoms with Gasteiger partial charge in [-0.05, 0) is 55.9 Å². The van der Waals surface area contributed by atoms with Crippen LogP contribution in [0.25, 0.3) is 0 Å². The van der Waals surface area contributed by atoms with E-state index in [4.69, 9.17) is 0 Å². The monoisotopic (exact) mass is 370 g/mol. The first-order valence-corrected chi connectivity index (χ1v) is 9.86. The molecule has 0 spiro atoms. The minimum absolute atomic E-state index is 0.00162. The van der Waals surface area contributed by atoms with Gasteiger partial charge in [0, 0.05) is 43.3 Å². The second-order valence-electron chi connectivity index (χ2n) is 7.60. The Morgan fingerprint density at radius 2 is 2.07 bits per heavy atom. The molecular formula is C20H26N4O3. The van der Waals surface area contributed by atoms with Crippen LogP contribution in [0.1, 0.15) is 48.0 Å². The van der Waals surface area contributed by atoms with Crippen LogP contribution < -0.4 is 16.0 Å². The van der Waals surface area contributed by atoms with Crippen molar-refractivity contribution in [1.29, 1.82) is 0 Å². The molecule has 0 radical (unpaired) electrons. The molecule has 0 saturated carbocycles. The van der Waals surface area contributed by atoms with Crippen molar-refractivity contribution in [3.63, 3.8) is 0 Å². The number of anilines is 1. The maximum Gasteiger partial charge on any atom is 0.251 e. The highest BCUT2D eigenvalue weighted by atomic mass is 16.2. The summed E-state index contributed by atoms with van der Waals surface area (Å²) in [7, 11) is 0. The molecular weight excluding hydrogens is 344 g/mol. The van der Waals surface area contributed by atoms with E-state index in [9.17, 15) is 14.4 Å². The van der Waals surface area contributed by atoms with Crippen LogP contribution >= 0.6 is 0 Å². The number of likely N-dealkylation sites (tertiary alicyclic amines) is 1. The lowest BCUT2D eigenvalue weighted by atomic mass is 10.0. The van der Waals surface area contributed by atoms with Crippen LogP contribution in [0, 0.1) is 0 Å². The van der Waals surface area contributed by atoms with E-state index in [0.717, 1.165) is 37.9 Å². The molecule has 1 aromatic carbocycles. The van der Waals surface area contributed by atoms with Gasteiger partial charge in [0.1, 0.15) is 6.04 Å². The van der Waals surface area contributed by atoms with Gasteiger partial charge in [-0.15, -0.1) is 0 Å². The summed E-state index contributed by atoms with van der Waals surface area (Å²) in [6.07, 6.45) is 4.85. The Morgan fingerprint density at radius 1 is 1.19 bits per heavy atom. The fraction of sp³-hybridized carbons (Fsp3) is 0.550. The normalized spacial score (nSPS) is 24.1. The zero-order chi connectivity index (χ0) is 18.8. The van der Waals surface area contributed by atoms with Gasteiger partial charge in [0.2, 0.25) is 11.8 Å². The maximum absolute atomic E-state index is 12.7. The van der Waals surface area contributed by atoms with Gasteiger partial charge in [-0.2, -0.15) is 0 Å². The van der Waals surface area contributed by atoms with E-state index >= 15 is 0 Å². The van der Waals surface area contributed by atoms with Crippen molar-refractivity contribution in [2.45, 2.75) is 50.6 Å². The van der Waals surface area contributed by atoms with Crippen LogP contribution in [0.3, 0.4) is 0 Å². The van der Waals surface area contributed by atoms with E-state index in [1.165, 1.54) is 5.56 Å². The zero-order valence-electron chi connectivity index (χ0n) is 15.4. The minimum atomic E-state index is -0.401. The van der Waals surface area contributed by atoms with Crippen LogP contribution in [0.5, 0.6) is 0 Å². The van der Waals surface area contributed by atoms with E-state index in [1.807, 2.05) is 23.1 Å². The number of aryl methyl sites for hydroxylation is 1. The molecule has 2 fully saturated rings. The van der Waals surface area contributed by atoms with Crippen molar-refractivity contribution in [3.8, 4) is 0 Å². The third-order valence-electron chi connectivity index (χ3n) is 5.76. The van der Waals surface area contributed by atoms with Crippen LogP contribution in [0.15, 0.2) is 18.2 Å². The topological polar surface area (TPSA) is 90.5 Å². The molecule has 3 aliphatic heterocycles. The summed E-state index contributed by atoms with van der Waals surface area (Å²) in [4.78, 5) is 38.5. The van der Waals surface area contributed by atoms with Crippen molar-refractivity contribution in [2.75, 3.05) is 25.0 Å². The standard InChI is InChI=1S/C20H26N4O3/c25-18-8-7-17(23-18)20(27)24-10-2-4-15(24)12-22-19(26)14-5-6-16-13(11-14)3-1-9-21-16/h5-6,11,15,17,21H,1-4,7-10,12H2,(H,22,26)(H,23,25)/t15-,17?/m0/s1. The molecule has 144 valence electrons. The van der Waals surface area contributed by atoms with E-state index in [1.54, 1.807) is 0 Å². The number of carbonyl (C=O) groups is 3. The number of carbonyl (C=O) groups excluding carboxylic acids is 3. The molecule has 3 heterocycles. The Labute approximate surface area is 158 Å². The van der Waals surface area contributed by atoms with Crippen LogP contribution in [-0.2, 0) is 16.0 Å². The summed E-state index contributed by atoms with van der Waals surface area (Å²) < 4.78 is 0. The fourth-order valence-corrected chi connectivity index (χ4v) is 4.27. The molecule has 0 aliphatic carbocycles. The van der Waals surface area contributed by atoms with Gasteiger partial charge in [0.25, 0.3) is 5.91 Å². The highest BCUT2D eigenvalue weighted by Gasteiger charge is 2.36. The molecule has 4 rings (SSSR count). The Kier molecular flexibility index (Phi) is 5.01. The molecule has 7 heteroatoms. The highest BCUT2D eigenvalue weighted by molar-refractivity contribution is 5.95. The van der Waals surface area contributed by atoms with E-state index < -0.39 is 6.04 Å². The molecule has 7 nitrogen and oxygen atoms in total. The number of amides is 3. The Balaban J connectivity index is 1.35. The quantitative estimate of drug-likeness (QED) is 0.739. The SMILES string of the molecule is O=C1CCC(C(=O)N2CCC[C@H]2CNC(=O)c2ccc3c(c2)CCCN3)N1. The number of nitrogens with one attached hydrogen (secondary N) is 3. The lowest BCUT2D eigenvalue weighted by Crippen LogP contribution is -2.49.